The fraction of sp³-hybridized carbons (Fsp3) is 0.350. The second-order valence-electron chi connectivity index (χ2n) is 6.27. The summed E-state index contributed by atoms with van der Waals surface area (Å²) in [5.74, 6) is 0.880. The lowest BCUT2D eigenvalue weighted by molar-refractivity contribution is 0.123. The highest BCUT2D eigenvalue weighted by atomic mass is 16.7. The Morgan fingerprint density at radius 2 is 1.79 bits per heavy atom. The maximum absolute atomic E-state index is 6.05. The van der Waals surface area contributed by atoms with Gasteiger partial charge in [-0.25, -0.2) is 4.98 Å². The average molecular weight is 321 g/mol. The molecule has 1 saturated heterocycles. The molecule has 4 rings (SSSR count). The van der Waals surface area contributed by atoms with Gasteiger partial charge in [-0.2, -0.15) is 4.73 Å². The Morgan fingerprint density at radius 3 is 2.54 bits per heavy atom. The Kier molecular flexibility index (Phi) is 4.11. The Labute approximate surface area is 142 Å². The van der Waals surface area contributed by atoms with Gasteiger partial charge in [0.05, 0.1) is 5.69 Å². The van der Waals surface area contributed by atoms with Crippen molar-refractivity contribution in [1.29, 1.82) is 0 Å². The lowest BCUT2D eigenvalue weighted by atomic mass is 10.2. The third-order valence-corrected chi connectivity index (χ3v) is 4.53. The van der Waals surface area contributed by atoms with Gasteiger partial charge in [0.2, 0.25) is 0 Å². The van der Waals surface area contributed by atoms with Crippen LogP contribution in [0.3, 0.4) is 0 Å². The molecule has 4 heteroatoms. The molecule has 2 aromatic carbocycles. The number of para-hydroxylation sites is 1. The summed E-state index contributed by atoms with van der Waals surface area (Å²) >= 11 is 0. The average Bonchev–Trinajstić information content (AvgIpc) is 3.28. The van der Waals surface area contributed by atoms with E-state index in [0.717, 1.165) is 41.9 Å². The van der Waals surface area contributed by atoms with Crippen LogP contribution < -0.4 is 9.74 Å². The first kappa shape index (κ1) is 15.1. The van der Waals surface area contributed by atoms with Gasteiger partial charge in [-0.05, 0) is 31.4 Å². The van der Waals surface area contributed by atoms with Crippen molar-refractivity contribution in [2.75, 3.05) is 24.6 Å². The van der Waals surface area contributed by atoms with E-state index >= 15 is 0 Å². The highest BCUT2D eigenvalue weighted by molar-refractivity contribution is 5.91. The smallest absolute Gasteiger partial charge is 0.176 e. The van der Waals surface area contributed by atoms with Crippen LogP contribution in [-0.4, -0.2) is 29.4 Å². The SMILES string of the molecule is CCCOn1c(-c2ccccc2)nc2c(N3CCCC3)cccc21. The zero-order chi connectivity index (χ0) is 16.4. The normalized spacial score (nSPS) is 14.5. The third-order valence-electron chi connectivity index (χ3n) is 4.53. The van der Waals surface area contributed by atoms with Crippen molar-refractivity contribution < 1.29 is 4.84 Å². The van der Waals surface area contributed by atoms with Crippen LogP contribution in [0.15, 0.2) is 48.5 Å². The molecule has 0 unspecified atom stereocenters. The van der Waals surface area contributed by atoms with Crippen molar-refractivity contribution in [3.05, 3.63) is 48.5 Å². The van der Waals surface area contributed by atoms with Crippen molar-refractivity contribution in [2.45, 2.75) is 26.2 Å². The van der Waals surface area contributed by atoms with Gasteiger partial charge < -0.3 is 9.74 Å². The van der Waals surface area contributed by atoms with Crippen LogP contribution in [0.2, 0.25) is 0 Å². The minimum atomic E-state index is 0.680. The summed E-state index contributed by atoms with van der Waals surface area (Å²) in [4.78, 5) is 13.5. The lowest BCUT2D eigenvalue weighted by Crippen LogP contribution is -2.18. The monoisotopic (exact) mass is 321 g/mol. The number of aromatic nitrogens is 2. The summed E-state index contributed by atoms with van der Waals surface area (Å²) in [6.07, 6.45) is 3.49. The molecule has 0 bridgehead atoms. The molecule has 124 valence electrons. The molecule has 2 heterocycles. The first-order chi connectivity index (χ1) is 11.9. The van der Waals surface area contributed by atoms with E-state index in [9.17, 15) is 0 Å². The predicted molar refractivity (Wildman–Crippen MR) is 98.4 cm³/mol. The Bertz CT molecular complexity index is 820. The van der Waals surface area contributed by atoms with E-state index in [0.29, 0.717) is 6.61 Å². The maximum Gasteiger partial charge on any atom is 0.176 e. The summed E-state index contributed by atoms with van der Waals surface area (Å²) in [5.41, 5.74) is 4.39. The van der Waals surface area contributed by atoms with Gasteiger partial charge in [-0.1, -0.05) is 43.3 Å². The molecule has 0 saturated carbocycles. The van der Waals surface area contributed by atoms with Crippen LogP contribution in [0.1, 0.15) is 26.2 Å². The first-order valence-electron chi connectivity index (χ1n) is 8.83. The zero-order valence-corrected chi connectivity index (χ0v) is 14.1. The van der Waals surface area contributed by atoms with Gasteiger partial charge >= 0.3 is 0 Å². The van der Waals surface area contributed by atoms with E-state index in [2.05, 4.69) is 42.2 Å². The number of rotatable bonds is 5. The van der Waals surface area contributed by atoms with Crippen LogP contribution >= 0.6 is 0 Å². The van der Waals surface area contributed by atoms with Gasteiger partial charge in [0.25, 0.3) is 0 Å². The van der Waals surface area contributed by atoms with Crippen LogP contribution in [0, 0.1) is 0 Å². The van der Waals surface area contributed by atoms with Crippen molar-refractivity contribution in [3.8, 4) is 11.4 Å². The molecule has 3 aromatic rings. The number of hydrogen-bond donors (Lipinski definition) is 0. The van der Waals surface area contributed by atoms with E-state index in [1.54, 1.807) is 0 Å². The summed E-state index contributed by atoms with van der Waals surface area (Å²) in [7, 11) is 0. The third kappa shape index (κ3) is 2.62. The molecule has 1 fully saturated rings. The van der Waals surface area contributed by atoms with Crippen molar-refractivity contribution in [1.82, 2.24) is 9.71 Å². The van der Waals surface area contributed by atoms with Crippen LogP contribution in [0.4, 0.5) is 5.69 Å². The van der Waals surface area contributed by atoms with Crippen LogP contribution in [0.5, 0.6) is 0 Å². The summed E-state index contributed by atoms with van der Waals surface area (Å²) < 4.78 is 1.91. The number of hydrogen-bond acceptors (Lipinski definition) is 3. The minimum absolute atomic E-state index is 0.680. The molecule has 0 atom stereocenters. The predicted octanol–water partition coefficient (Wildman–Crippen LogP) is 4.14. The van der Waals surface area contributed by atoms with Crippen molar-refractivity contribution in [3.63, 3.8) is 0 Å². The number of fused-ring (bicyclic) bond motifs is 1. The molecule has 0 amide bonds. The number of anilines is 1. The Hall–Kier alpha value is -2.49. The molecule has 4 nitrogen and oxygen atoms in total. The molecule has 1 aliphatic rings. The van der Waals surface area contributed by atoms with Gasteiger partial charge in [0, 0.05) is 18.7 Å². The Balaban J connectivity index is 1.89. The molecule has 1 aliphatic heterocycles. The van der Waals surface area contributed by atoms with Gasteiger partial charge in [-0.15, -0.1) is 0 Å². The highest BCUT2D eigenvalue weighted by Gasteiger charge is 2.20. The fourth-order valence-electron chi connectivity index (χ4n) is 3.36. The molecule has 0 spiro atoms. The fourth-order valence-corrected chi connectivity index (χ4v) is 3.36. The minimum Gasteiger partial charge on any atom is -0.412 e. The zero-order valence-electron chi connectivity index (χ0n) is 14.1. The number of benzene rings is 2. The van der Waals surface area contributed by atoms with E-state index < -0.39 is 0 Å². The van der Waals surface area contributed by atoms with Crippen LogP contribution in [-0.2, 0) is 0 Å². The van der Waals surface area contributed by atoms with E-state index in [1.807, 2.05) is 22.9 Å². The second kappa shape index (κ2) is 6.56. The lowest BCUT2D eigenvalue weighted by Gasteiger charge is -2.17. The van der Waals surface area contributed by atoms with E-state index in [-0.39, 0.29) is 0 Å². The molecule has 0 aliphatic carbocycles. The van der Waals surface area contributed by atoms with Crippen molar-refractivity contribution in [2.24, 2.45) is 0 Å². The van der Waals surface area contributed by atoms with Crippen molar-refractivity contribution >= 4 is 16.7 Å². The standard InChI is InChI=1S/C20H23N3O/c1-2-15-24-23-18-12-8-11-17(22-13-6-7-14-22)19(18)21-20(23)16-9-4-3-5-10-16/h3-5,8-12H,2,6-7,13-15H2,1H3. The molecule has 0 radical (unpaired) electrons. The highest BCUT2D eigenvalue weighted by Crippen LogP contribution is 2.32. The Morgan fingerprint density at radius 1 is 1.00 bits per heavy atom. The van der Waals surface area contributed by atoms with E-state index in [4.69, 9.17) is 9.82 Å². The molecule has 24 heavy (non-hydrogen) atoms. The number of nitrogens with zero attached hydrogens (tertiary/aromatic N) is 3. The molecular weight excluding hydrogens is 298 g/mol. The summed E-state index contributed by atoms with van der Waals surface area (Å²) in [6.45, 7) is 5.03. The van der Waals surface area contributed by atoms with Gasteiger partial charge in [-0.3, -0.25) is 0 Å². The summed E-state index contributed by atoms with van der Waals surface area (Å²) in [5, 5.41) is 0. The quantitative estimate of drug-likeness (QED) is 0.707. The molecule has 0 N–H and O–H groups in total. The topological polar surface area (TPSA) is 30.3 Å². The van der Waals surface area contributed by atoms with Crippen LogP contribution in [0.25, 0.3) is 22.4 Å². The summed E-state index contributed by atoms with van der Waals surface area (Å²) in [6, 6.07) is 16.7. The van der Waals surface area contributed by atoms with Gasteiger partial charge in [0.15, 0.2) is 5.82 Å². The molecular formula is C20H23N3O. The largest absolute Gasteiger partial charge is 0.412 e. The maximum atomic E-state index is 6.05. The van der Waals surface area contributed by atoms with Gasteiger partial charge in [0.1, 0.15) is 17.6 Å². The van der Waals surface area contributed by atoms with E-state index in [1.165, 1.54) is 18.5 Å². The first-order valence-corrected chi connectivity index (χ1v) is 8.83. The second-order valence-corrected chi connectivity index (χ2v) is 6.27. The number of imidazole rings is 1. The molecule has 1 aromatic heterocycles.